The Balaban J connectivity index is 2.17. The molecule has 2 aliphatic heterocycles. The van der Waals surface area contributed by atoms with Gasteiger partial charge in [0.15, 0.2) is 5.75 Å². The maximum atomic E-state index is 12.3. The second-order valence-electron chi connectivity index (χ2n) is 4.26. The lowest BCUT2D eigenvalue weighted by atomic mass is 10.0. The second kappa shape index (κ2) is 3.89. The first-order valence-electron chi connectivity index (χ1n) is 5.62. The minimum Gasteiger partial charge on any atom is -0.494 e. The molecule has 5 heteroatoms. The van der Waals surface area contributed by atoms with Gasteiger partial charge in [-0.1, -0.05) is 17.7 Å². The minimum absolute atomic E-state index is 0.0332. The van der Waals surface area contributed by atoms with E-state index in [4.69, 9.17) is 16.3 Å². The van der Waals surface area contributed by atoms with E-state index in [1.54, 1.807) is 13.2 Å². The number of ether oxygens (including phenoxy) is 1. The molecule has 1 fully saturated rings. The van der Waals surface area contributed by atoms with E-state index in [0.29, 0.717) is 16.3 Å². The van der Waals surface area contributed by atoms with Crippen LogP contribution < -0.4 is 10.1 Å². The molecule has 2 aliphatic rings. The highest BCUT2D eigenvalue weighted by Gasteiger charge is 2.40. The molecule has 1 saturated heterocycles. The van der Waals surface area contributed by atoms with Crippen LogP contribution in [0, 0.1) is 0 Å². The van der Waals surface area contributed by atoms with E-state index >= 15 is 0 Å². The quantitative estimate of drug-likeness (QED) is 0.823. The Morgan fingerprint density at radius 1 is 1.53 bits per heavy atom. The minimum atomic E-state index is 0.0332. The number of fused-ring (bicyclic) bond motifs is 3. The maximum absolute atomic E-state index is 12.3. The molecule has 4 nitrogen and oxygen atoms in total. The number of hydrogen-bond acceptors (Lipinski definition) is 3. The molecular formula is C12H13ClN2O2. The van der Waals surface area contributed by atoms with Crippen molar-refractivity contribution < 1.29 is 9.53 Å². The number of amides is 1. The monoisotopic (exact) mass is 252 g/mol. The predicted molar refractivity (Wildman–Crippen MR) is 64.7 cm³/mol. The first-order valence-corrected chi connectivity index (χ1v) is 6.00. The van der Waals surface area contributed by atoms with Gasteiger partial charge in [0.2, 0.25) is 0 Å². The molecule has 0 saturated carbocycles. The average molecular weight is 253 g/mol. The maximum Gasteiger partial charge on any atom is 0.258 e. The van der Waals surface area contributed by atoms with Gasteiger partial charge in [0.1, 0.15) is 0 Å². The number of halogens is 1. The highest BCUT2D eigenvalue weighted by molar-refractivity contribution is 6.32. The number of nitrogens with one attached hydrogen (secondary N) is 1. The Bertz CT molecular complexity index is 490. The molecule has 1 N–H and O–H groups in total. The lowest BCUT2D eigenvalue weighted by molar-refractivity contribution is 0.0689. The molecule has 0 spiro atoms. The SMILES string of the molecule is COc1c(Cl)ccc2c1C(=O)N1CCNCC21. The topological polar surface area (TPSA) is 41.6 Å². The molecule has 17 heavy (non-hydrogen) atoms. The van der Waals surface area contributed by atoms with Gasteiger partial charge in [0.25, 0.3) is 5.91 Å². The summed E-state index contributed by atoms with van der Waals surface area (Å²) in [7, 11) is 1.55. The second-order valence-corrected chi connectivity index (χ2v) is 4.67. The number of methoxy groups -OCH3 is 1. The van der Waals surface area contributed by atoms with Crippen LogP contribution in [0.1, 0.15) is 22.0 Å². The van der Waals surface area contributed by atoms with Crippen LogP contribution in [0.5, 0.6) is 5.75 Å². The Hall–Kier alpha value is -1.26. The molecule has 1 atom stereocenters. The molecule has 1 amide bonds. The van der Waals surface area contributed by atoms with Crippen molar-refractivity contribution in [2.45, 2.75) is 6.04 Å². The molecule has 0 radical (unpaired) electrons. The van der Waals surface area contributed by atoms with E-state index in [-0.39, 0.29) is 11.9 Å². The van der Waals surface area contributed by atoms with Crippen molar-refractivity contribution in [2.75, 3.05) is 26.7 Å². The molecular weight excluding hydrogens is 240 g/mol. The van der Waals surface area contributed by atoms with Crippen molar-refractivity contribution in [2.24, 2.45) is 0 Å². The van der Waals surface area contributed by atoms with Crippen molar-refractivity contribution in [3.63, 3.8) is 0 Å². The predicted octanol–water partition coefficient (Wildman–Crippen LogP) is 1.45. The van der Waals surface area contributed by atoms with Crippen LogP contribution in [-0.4, -0.2) is 37.6 Å². The first kappa shape index (κ1) is 10.9. The van der Waals surface area contributed by atoms with E-state index in [2.05, 4.69) is 5.32 Å². The number of nitrogens with zero attached hydrogens (tertiary/aromatic N) is 1. The lowest BCUT2D eigenvalue weighted by Crippen LogP contribution is -2.44. The Labute approximate surface area is 104 Å². The normalized spacial score (nSPS) is 22.4. The van der Waals surface area contributed by atoms with E-state index in [0.717, 1.165) is 25.2 Å². The summed E-state index contributed by atoms with van der Waals surface area (Å²) in [6.07, 6.45) is 0. The number of rotatable bonds is 1. The van der Waals surface area contributed by atoms with Crippen LogP contribution in [0.4, 0.5) is 0 Å². The van der Waals surface area contributed by atoms with Crippen LogP contribution in [0.25, 0.3) is 0 Å². The van der Waals surface area contributed by atoms with Gasteiger partial charge in [-0.15, -0.1) is 0 Å². The molecule has 3 rings (SSSR count). The third-order valence-corrected chi connectivity index (χ3v) is 3.72. The van der Waals surface area contributed by atoms with E-state index in [9.17, 15) is 4.79 Å². The number of carbonyl (C=O) groups is 1. The van der Waals surface area contributed by atoms with Gasteiger partial charge in [-0.2, -0.15) is 0 Å². The fraction of sp³-hybridized carbons (Fsp3) is 0.417. The molecule has 2 heterocycles. The molecule has 1 aromatic carbocycles. The van der Waals surface area contributed by atoms with Gasteiger partial charge < -0.3 is 15.0 Å². The van der Waals surface area contributed by atoms with Gasteiger partial charge >= 0.3 is 0 Å². The Morgan fingerprint density at radius 3 is 3.12 bits per heavy atom. The number of carbonyl (C=O) groups excluding carboxylic acids is 1. The smallest absolute Gasteiger partial charge is 0.258 e. The number of piperazine rings is 1. The zero-order valence-electron chi connectivity index (χ0n) is 9.50. The molecule has 0 bridgehead atoms. The Morgan fingerprint density at radius 2 is 2.35 bits per heavy atom. The van der Waals surface area contributed by atoms with Gasteiger partial charge in [-0.05, 0) is 11.6 Å². The lowest BCUT2D eigenvalue weighted by Gasteiger charge is -2.30. The van der Waals surface area contributed by atoms with Crippen LogP contribution in [0.2, 0.25) is 5.02 Å². The summed E-state index contributed by atoms with van der Waals surface area (Å²) in [6.45, 7) is 2.37. The number of hydrogen-bond donors (Lipinski definition) is 1. The average Bonchev–Trinajstić information content (AvgIpc) is 2.64. The van der Waals surface area contributed by atoms with Crippen molar-refractivity contribution >= 4 is 17.5 Å². The van der Waals surface area contributed by atoms with Gasteiger partial charge in [-0.25, -0.2) is 0 Å². The largest absolute Gasteiger partial charge is 0.494 e. The van der Waals surface area contributed by atoms with Crippen LogP contribution in [-0.2, 0) is 0 Å². The summed E-state index contributed by atoms with van der Waals surface area (Å²) >= 11 is 6.06. The Kier molecular flexibility index (Phi) is 2.49. The third kappa shape index (κ3) is 1.44. The summed E-state index contributed by atoms with van der Waals surface area (Å²) in [4.78, 5) is 14.2. The molecule has 0 aliphatic carbocycles. The summed E-state index contributed by atoms with van der Waals surface area (Å²) in [6, 6.07) is 3.85. The third-order valence-electron chi connectivity index (χ3n) is 3.42. The number of benzene rings is 1. The van der Waals surface area contributed by atoms with Gasteiger partial charge in [0.05, 0.1) is 23.7 Å². The highest BCUT2D eigenvalue weighted by atomic mass is 35.5. The molecule has 1 unspecified atom stereocenters. The van der Waals surface area contributed by atoms with E-state index < -0.39 is 0 Å². The van der Waals surface area contributed by atoms with Crippen LogP contribution in [0.15, 0.2) is 12.1 Å². The van der Waals surface area contributed by atoms with Crippen molar-refractivity contribution in [1.29, 1.82) is 0 Å². The summed E-state index contributed by atoms with van der Waals surface area (Å²) in [5.41, 5.74) is 1.65. The molecule has 1 aromatic rings. The van der Waals surface area contributed by atoms with Gasteiger partial charge in [0, 0.05) is 19.6 Å². The zero-order valence-corrected chi connectivity index (χ0v) is 10.3. The molecule has 90 valence electrons. The van der Waals surface area contributed by atoms with Gasteiger partial charge in [-0.3, -0.25) is 4.79 Å². The van der Waals surface area contributed by atoms with Crippen LogP contribution in [0.3, 0.4) is 0 Å². The molecule has 0 aromatic heterocycles. The summed E-state index contributed by atoms with van der Waals surface area (Å²) in [5, 5.41) is 3.79. The van der Waals surface area contributed by atoms with Crippen LogP contribution >= 0.6 is 11.6 Å². The van der Waals surface area contributed by atoms with E-state index in [1.165, 1.54) is 0 Å². The standard InChI is InChI=1S/C12H13ClN2O2/c1-17-11-8(13)3-2-7-9-6-14-4-5-15(9)12(16)10(7)11/h2-3,9,14H,4-6H2,1H3. The first-order chi connectivity index (χ1) is 8.24. The highest BCUT2D eigenvalue weighted by Crippen LogP contribution is 2.42. The summed E-state index contributed by atoms with van der Waals surface area (Å²) in [5.74, 6) is 0.536. The fourth-order valence-electron chi connectivity index (χ4n) is 2.64. The van der Waals surface area contributed by atoms with Crippen molar-refractivity contribution in [3.8, 4) is 5.75 Å². The van der Waals surface area contributed by atoms with E-state index in [1.807, 2.05) is 11.0 Å². The van der Waals surface area contributed by atoms with Crippen molar-refractivity contribution in [3.05, 3.63) is 28.3 Å². The zero-order chi connectivity index (χ0) is 12.0. The van der Waals surface area contributed by atoms with Crippen molar-refractivity contribution in [1.82, 2.24) is 10.2 Å². The summed E-state index contributed by atoms with van der Waals surface area (Å²) < 4.78 is 5.26. The fourth-order valence-corrected chi connectivity index (χ4v) is 2.87.